The highest BCUT2D eigenvalue weighted by Crippen LogP contribution is 2.19. The molecule has 0 aliphatic heterocycles. The van der Waals surface area contributed by atoms with Gasteiger partial charge in [0, 0.05) is 22.7 Å². The Labute approximate surface area is 171 Å². The molecule has 0 bridgehead atoms. The summed E-state index contributed by atoms with van der Waals surface area (Å²) in [6, 6.07) is 18.4. The van der Waals surface area contributed by atoms with Gasteiger partial charge in [0.15, 0.2) is 5.78 Å². The highest BCUT2D eigenvalue weighted by atomic mass is 35.5. The minimum atomic E-state index is -0.730. The van der Waals surface area contributed by atoms with E-state index in [1.54, 1.807) is 24.3 Å². The lowest BCUT2D eigenvalue weighted by atomic mass is 10.1. The molecule has 0 heterocycles. The average molecular weight is 408 g/mol. The maximum atomic E-state index is 12.3. The van der Waals surface area contributed by atoms with Crippen LogP contribution in [0.2, 0.25) is 5.02 Å². The van der Waals surface area contributed by atoms with Crippen molar-refractivity contribution in [3.05, 3.63) is 111 Å². The second-order valence-corrected chi connectivity index (χ2v) is 6.35. The summed E-state index contributed by atoms with van der Waals surface area (Å²) in [4.78, 5) is 34.7. The number of nitro groups is 1. The third-order valence-electron chi connectivity index (χ3n) is 3.96. The number of non-ortho nitro benzene ring substituents is 1. The van der Waals surface area contributed by atoms with E-state index >= 15 is 0 Å². The van der Waals surface area contributed by atoms with Crippen molar-refractivity contribution >= 4 is 35.1 Å². The molecule has 0 saturated carbocycles. The van der Waals surface area contributed by atoms with Crippen LogP contribution in [-0.4, -0.2) is 16.7 Å². The van der Waals surface area contributed by atoms with Crippen molar-refractivity contribution < 1.29 is 19.2 Å². The van der Waals surface area contributed by atoms with Crippen molar-refractivity contribution in [2.45, 2.75) is 0 Å². The number of nitrogens with zero attached hydrogens (tertiary/aromatic N) is 1. The van der Waals surface area contributed by atoms with E-state index in [-0.39, 0.29) is 22.8 Å². The normalized spacial score (nSPS) is 10.7. The largest absolute Gasteiger partial charge is 0.423 e. The van der Waals surface area contributed by atoms with Gasteiger partial charge in [-0.25, -0.2) is 4.79 Å². The van der Waals surface area contributed by atoms with Crippen molar-refractivity contribution in [1.29, 1.82) is 0 Å². The van der Waals surface area contributed by atoms with Crippen LogP contribution in [0.25, 0.3) is 6.08 Å². The Morgan fingerprint density at radius 3 is 2.34 bits per heavy atom. The number of esters is 1. The zero-order valence-corrected chi connectivity index (χ0v) is 15.7. The Hall–Kier alpha value is -3.77. The van der Waals surface area contributed by atoms with Gasteiger partial charge in [0.1, 0.15) is 5.75 Å². The number of ketones is 1. The van der Waals surface area contributed by atoms with Crippen LogP contribution in [0.15, 0.2) is 78.9 Å². The van der Waals surface area contributed by atoms with Crippen molar-refractivity contribution in [2.75, 3.05) is 0 Å². The monoisotopic (exact) mass is 407 g/mol. The van der Waals surface area contributed by atoms with Gasteiger partial charge in [-0.1, -0.05) is 35.9 Å². The first kappa shape index (κ1) is 20.0. The number of carbonyl (C=O) groups excluding carboxylic acids is 2. The minimum Gasteiger partial charge on any atom is -0.423 e. The van der Waals surface area contributed by atoms with Crippen LogP contribution < -0.4 is 4.74 Å². The molecule has 3 aromatic carbocycles. The molecule has 0 saturated heterocycles. The van der Waals surface area contributed by atoms with E-state index in [1.807, 2.05) is 6.07 Å². The Morgan fingerprint density at radius 2 is 1.66 bits per heavy atom. The summed E-state index contributed by atoms with van der Waals surface area (Å²) in [5.74, 6) is -0.749. The van der Waals surface area contributed by atoms with Crippen LogP contribution in [0.3, 0.4) is 0 Å². The molecule has 3 aromatic rings. The molecule has 0 spiro atoms. The number of hydrogen-bond donors (Lipinski definition) is 0. The van der Waals surface area contributed by atoms with Crippen LogP contribution in [0.1, 0.15) is 26.3 Å². The van der Waals surface area contributed by atoms with Crippen molar-refractivity contribution in [1.82, 2.24) is 0 Å². The summed E-state index contributed by atoms with van der Waals surface area (Å²) < 4.78 is 5.21. The molecule has 7 heteroatoms. The lowest BCUT2D eigenvalue weighted by Gasteiger charge is -2.05. The summed E-state index contributed by atoms with van der Waals surface area (Å²) in [6.07, 6.45) is 3.03. The third-order valence-corrected chi connectivity index (χ3v) is 4.31. The maximum absolute atomic E-state index is 12.3. The summed E-state index contributed by atoms with van der Waals surface area (Å²) in [7, 11) is 0. The number of allylic oxidation sites excluding steroid dienone is 1. The van der Waals surface area contributed by atoms with Crippen LogP contribution in [-0.2, 0) is 0 Å². The number of ether oxygens (including phenoxy) is 1. The third kappa shape index (κ3) is 5.15. The lowest BCUT2D eigenvalue weighted by Crippen LogP contribution is -2.09. The summed E-state index contributed by atoms with van der Waals surface area (Å²) >= 11 is 6.05. The van der Waals surface area contributed by atoms with E-state index in [0.717, 1.165) is 11.6 Å². The number of rotatable bonds is 6. The maximum Gasteiger partial charge on any atom is 0.343 e. The van der Waals surface area contributed by atoms with Crippen molar-refractivity contribution in [3.8, 4) is 5.75 Å². The topological polar surface area (TPSA) is 86.5 Å². The zero-order valence-electron chi connectivity index (χ0n) is 14.9. The quantitative estimate of drug-likeness (QED) is 0.137. The number of carbonyl (C=O) groups is 2. The molecule has 6 nitrogen and oxygen atoms in total. The lowest BCUT2D eigenvalue weighted by molar-refractivity contribution is -0.384. The van der Waals surface area contributed by atoms with Gasteiger partial charge in [-0.2, -0.15) is 0 Å². The Morgan fingerprint density at radius 1 is 0.931 bits per heavy atom. The van der Waals surface area contributed by atoms with E-state index < -0.39 is 10.9 Å². The highest BCUT2D eigenvalue weighted by molar-refractivity contribution is 6.32. The molecule has 0 N–H and O–H groups in total. The summed E-state index contributed by atoms with van der Waals surface area (Å²) in [6.45, 7) is 0. The molecule has 0 atom stereocenters. The molecule has 0 fully saturated rings. The number of hydrogen-bond acceptors (Lipinski definition) is 5. The van der Waals surface area contributed by atoms with Gasteiger partial charge in [0.05, 0.1) is 10.5 Å². The van der Waals surface area contributed by atoms with E-state index in [0.29, 0.717) is 10.6 Å². The number of halogens is 1. The molecular formula is C22H14ClNO5. The molecule has 144 valence electrons. The first-order valence-electron chi connectivity index (χ1n) is 8.48. The molecular weight excluding hydrogens is 394 g/mol. The van der Waals surface area contributed by atoms with Crippen molar-refractivity contribution in [3.63, 3.8) is 0 Å². The van der Waals surface area contributed by atoms with Crippen LogP contribution in [0.4, 0.5) is 5.69 Å². The smallest absolute Gasteiger partial charge is 0.343 e. The van der Waals surface area contributed by atoms with E-state index in [2.05, 4.69) is 0 Å². The first-order chi connectivity index (χ1) is 13.9. The SMILES string of the molecule is O=C(C=Cc1ccccc1Cl)c1ccc(OC(=O)c2cccc([N+](=O)[O-])c2)cc1. The fourth-order valence-corrected chi connectivity index (χ4v) is 2.67. The first-order valence-corrected chi connectivity index (χ1v) is 8.85. The highest BCUT2D eigenvalue weighted by Gasteiger charge is 2.13. The molecule has 0 aromatic heterocycles. The van der Waals surface area contributed by atoms with Crippen LogP contribution >= 0.6 is 11.6 Å². The number of benzene rings is 3. The van der Waals surface area contributed by atoms with Crippen molar-refractivity contribution in [2.24, 2.45) is 0 Å². The van der Waals surface area contributed by atoms with Gasteiger partial charge in [-0.3, -0.25) is 14.9 Å². The van der Waals surface area contributed by atoms with Gasteiger partial charge >= 0.3 is 5.97 Å². The van der Waals surface area contributed by atoms with Gasteiger partial charge < -0.3 is 4.74 Å². The van der Waals surface area contributed by atoms with Crippen LogP contribution in [0, 0.1) is 10.1 Å². The molecule has 0 amide bonds. The van der Waals surface area contributed by atoms with E-state index in [9.17, 15) is 19.7 Å². The Kier molecular flexibility index (Phi) is 6.16. The van der Waals surface area contributed by atoms with E-state index in [4.69, 9.17) is 16.3 Å². The average Bonchev–Trinajstić information content (AvgIpc) is 2.73. The fraction of sp³-hybridized carbons (Fsp3) is 0. The Bertz CT molecular complexity index is 1110. The van der Waals surface area contributed by atoms with E-state index in [1.165, 1.54) is 48.5 Å². The second kappa shape index (κ2) is 8.95. The van der Waals surface area contributed by atoms with Gasteiger partial charge in [-0.15, -0.1) is 0 Å². The minimum absolute atomic E-state index is 0.0574. The van der Waals surface area contributed by atoms with Gasteiger partial charge in [-0.05, 0) is 54.1 Å². The molecule has 3 rings (SSSR count). The van der Waals surface area contributed by atoms with Gasteiger partial charge in [0.25, 0.3) is 5.69 Å². The fourth-order valence-electron chi connectivity index (χ4n) is 2.47. The standard InChI is InChI=1S/C22H14ClNO5/c23-20-7-2-1-4-15(20)10-13-21(25)16-8-11-19(12-9-16)29-22(26)17-5-3-6-18(14-17)24(27)28/h1-14H. The summed E-state index contributed by atoms with van der Waals surface area (Å²) in [5, 5.41) is 11.3. The predicted molar refractivity (Wildman–Crippen MR) is 109 cm³/mol. The molecule has 0 radical (unpaired) electrons. The summed E-state index contributed by atoms with van der Waals surface area (Å²) in [5.41, 5.74) is 0.987. The zero-order chi connectivity index (χ0) is 20.8. The molecule has 0 aliphatic rings. The van der Waals surface area contributed by atoms with Crippen LogP contribution in [0.5, 0.6) is 5.75 Å². The predicted octanol–water partition coefficient (Wildman–Crippen LogP) is 5.36. The molecule has 0 unspecified atom stereocenters. The Balaban J connectivity index is 1.67. The molecule has 29 heavy (non-hydrogen) atoms. The molecule has 0 aliphatic carbocycles. The number of nitro benzene ring substituents is 1. The van der Waals surface area contributed by atoms with Gasteiger partial charge in [0.2, 0.25) is 0 Å². The second-order valence-electron chi connectivity index (χ2n) is 5.94.